The molecular formula is C10H14N4O5. The van der Waals surface area contributed by atoms with Crippen molar-refractivity contribution >= 4 is 18.0 Å². The zero-order valence-electron chi connectivity index (χ0n) is 9.92. The van der Waals surface area contributed by atoms with Crippen molar-refractivity contribution in [1.82, 2.24) is 20.6 Å². The molecular weight excluding hydrogens is 256 g/mol. The third-order valence-corrected chi connectivity index (χ3v) is 2.18. The van der Waals surface area contributed by atoms with Gasteiger partial charge in [0.15, 0.2) is 0 Å². The van der Waals surface area contributed by atoms with E-state index in [1.807, 2.05) is 0 Å². The Labute approximate surface area is 108 Å². The minimum absolute atomic E-state index is 0.249. The van der Waals surface area contributed by atoms with Crippen molar-refractivity contribution < 1.29 is 24.6 Å². The smallest absolute Gasteiger partial charge is 0.326 e. The van der Waals surface area contributed by atoms with E-state index in [2.05, 4.69) is 20.6 Å². The van der Waals surface area contributed by atoms with Crippen molar-refractivity contribution in [2.75, 3.05) is 6.54 Å². The van der Waals surface area contributed by atoms with Gasteiger partial charge in [0.1, 0.15) is 11.9 Å². The van der Waals surface area contributed by atoms with Gasteiger partial charge in [-0.15, -0.1) is 0 Å². The van der Waals surface area contributed by atoms with Gasteiger partial charge in [-0.05, 0) is 0 Å². The molecule has 0 saturated carbocycles. The molecule has 0 aromatic carbocycles. The first-order chi connectivity index (χ1) is 8.99. The van der Waals surface area contributed by atoms with Crippen molar-refractivity contribution in [2.24, 2.45) is 0 Å². The number of carboxylic acid groups (broad SMARTS) is 2. The molecule has 9 nitrogen and oxygen atoms in total. The van der Waals surface area contributed by atoms with Crippen LogP contribution >= 0.6 is 0 Å². The van der Waals surface area contributed by atoms with Gasteiger partial charge in [-0.25, -0.2) is 14.6 Å². The minimum Gasteiger partial charge on any atom is -0.481 e. The molecule has 1 heterocycles. The number of aromatic amines is 1. The number of aliphatic carboxylic acids is 2. The first kappa shape index (κ1) is 14.5. The predicted molar refractivity (Wildman–Crippen MR) is 62.5 cm³/mol. The summed E-state index contributed by atoms with van der Waals surface area (Å²) in [7, 11) is 0. The molecule has 0 unspecified atom stereocenters. The van der Waals surface area contributed by atoms with Crippen LogP contribution < -0.4 is 10.6 Å². The van der Waals surface area contributed by atoms with E-state index in [0.29, 0.717) is 12.2 Å². The number of urea groups is 1. The molecule has 0 fully saturated rings. The van der Waals surface area contributed by atoms with Crippen LogP contribution in [0.25, 0.3) is 0 Å². The summed E-state index contributed by atoms with van der Waals surface area (Å²) in [6.45, 7) is 0.249. The highest BCUT2D eigenvalue weighted by atomic mass is 16.4. The molecule has 0 aliphatic carbocycles. The second-order valence-electron chi connectivity index (χ2n) is 3.67. The van der Waals surface area contributed by atoms with Crippen LogP contribution in [0.4, 0.5) is 4.79 Å². The maximum absolute atomic E-state index is 11.4. The molecule has 104 valence electrons. The maximum atomic E-state index is 11.4. The van der Waals surface area contributed by atoms with E-state index in [9.17, 15) is 14.4 Å². The van der Waals surface area contributed by atoms with E-state index in [4.69, 9.17) is 10.2 Å². The van der Waals surface area contributed by atoms with Crippen LogP contribution in [0.5, 0.6) is 0 Å². The third kappa shape index (κ3) is 5.52. The molecule has 0 aliphatic heterocycles. The van der Waals surface area contributed by atoms with Gasteiger partial charge in [0.25, 0.3) is 0 Å². The second kappa shape index (κ2) is 6.99. The summed E-state index contributed by atoms with van der Waals surface area (Å²) >= 11 is 0. The van der Waals surface area contributed by atoms with Gasteiger partial charge in [0, 0.05) is 25.4 Å². The van der Waals surface area contributed by atoms with Gasteiger partial charge in [-0.2, -0.15) is 0 Å². The summed E-state index contributed by atoms with van der Waals surface area (Å²) in [4.78, 5) is 39.3. The summed E-state index contributed by atoms with van der Waals surface area (Å²) in [5.74, 6) is -2.02. The molecule has 0 bridgehead atoms. The zero-order valence-corrected chi connectivity index (χ0v) is 9.92. The topological polar surface area (TPSA) is 144 Å². The van der Waals surface area contributed by atoms with Crippen LogP contribution in [0.15, 0.2) is 12.4 Å². The maximum Gasteiger partial charge on any atom is 0.326 e. The largest absolute Gasteiger partial charge is 0.481 e. The fraction of sp³-hybridized carbons (Fsp3) is 0.400. The van der Waals surface area contributed by atoms with Gasteiger partial charge >= 0.3 is 18.0 Å². The molecule has 0 aliphatic rings. The van der Waals surface area contributed by atoms with Gasteiger partial charge < -0.3 is 25.8 Å². The van der Waals surface area contributed by atoms with Crippen LogP contribution in [0.2, 0.25) is 0 Å². The van der Waals surface area contributed by atoms with E-state index >= 15 is 0 Å². The number of imidazole rings is 1. The molecule has 1 rings (SSSR count). The Balaban J connectivity index is 2.32. The third-order valence-electron chi connectivity index (χ3n) is 2.18. The number of amides is 2. The van der Waals surface area contributed by atoms with Crippen LogP contribution in [0.1, 0.15) is 12.2 Å². The summed E-state index contributed by atoms with van der Waals surface area (Å²) < 4.78 is 0. The predicted octanol–water partition coefficient (Wildman–Crippen LogP) is -0.821. The standard InChI is InChI=1S/C10H14N4O5/c15-8(16)5-6(9(17)18)14-10(19)13-2-1-7-11-3-4-12-7/h3-4,6H,1-2,5H2,(H,11,12)(H,15,16)(H,17,18)(H2,13,14,19)/t6-/m1/s1. The average Bonchev–Trinajstić information content (AvgIpc) is 2.80. The van der Waals surface area contributed by atoms with Crippen LogP contribution in [-0.4, -0.2) is 50.7 Å². The Bertz CT molecular complexity index is 445. The van der Waals surface area contributed by atoms with Gasteiger partial charge in [-0.1, -0.05) is 0 Å². The Morgan fingerprint density at radius 2 is 2.11 bits per heavy atom. The van der Waals surface area contributed by atoms with E-state index in [1.54, 1.807) is 12.4 Å². The number of nitrogens with one attached hydrogen (secondary N) is 3. The van der Waals surface area contributed by atoms with Crippen LogP contribution in [0, 0.1) is 0 Å². The highest BCUT2D eigenvalue weighted by molar-refractivity contribution is 5.86. The zero-order chi connectivity index (χ0) is 14.3. The SMILES string of the molecule is O=C(O)C[C@@H](NC(=O)NCCc1ncc[nH]1)C(=O)O. The fourth-order valence-electron chi connectivity index (χ4n) is 1.31. The fourth-order valence-corrected chi connectivity index (χ4v) is 1.31. The average molecular weight is 270 g/mol. The lowest BCUT2D eigenvalue weighted by Crippen LogP contribution is -2.47. The number of H-pyrrole nitrogens is 1. The first-order valence-corrected chi connectivity index (χ1v) is 5.46. The summed E-state index contributed by atoms with van der Waals surface area (Å²) in [5, 5.41) is 21.7. The van der Waals surface area contributed by atoms with Crippen molar-refractivity contribution in [3.8, 4) is 0 Å². The lowest BCUT2D eigenvalue weighted by molar-refractivity contribution is -0.145. The van der Waals surface area contributed by atoms with Crippen LogP contribution in [-0.2, 0) is 16.0 Å². The van der Waals surface area contributed by atoms with E-state index in [1.165, 1.54) is 0 Å². The molecule has 0 radical (unpaired) electrons. The molecule has 19 heavy (non-hydrogen) atoms. The number of carbonyl (C=O) groups excluding carboxylic acids is 1. The first-order valence-electron chi connectivity index (χ1n) is 5.46. The van der Waals surface area contributed by atoms with Crippen molar-refractivity contribution in [3.63, 3.8) is 0 Å². The van der Waals surface area contributed by atoms with E-state index in [-0.39, 0.29) is 6.54 Å². The molecule has 1 atom stereocenters. The molecule has 2 amide bonds. The molecule has 0 saturated heterocycles. The number of rotatable bonds is 7. The number of hydrogen-bond acceptors (Lipinski definition) is 4. The molecule has 1 aromatic heterocycles. The summed E-state index contributed by atoms with van der Waals surface area (Å²) in [6.07, 6.45) is 2.99. The Kier molecular flexibility index (Phi) is 5.33. The lowest BCUT2D eigenvalue weighted by Gasteiger charge is -2.12. The second-order valence-corrected chi connectivity index (χ2v) is 3.67. The van der Waals surface area contributed by atoms with Crippen molar-refractivity contribution in [1.29, 1.82) is 0 Å². The number of nitrogens with zero attached hydrogens (tertiary/aromatic N) is 1. The number of carboxylic acids is 2. The summed E-state index contributed by atoms with van der Waals surface area (Å²) in [5.41, 5.74) is 0. The minimum atomic E-state index is -1.46. The number of aromatic nitrogens is 2. The van der Waals surface area contributed by atoms with Gasteiger partial charge in [-0.3, -0.25) is 4.79 Å². The quantitative estimate of drug-likeness (QED) is 0.437. The molecule has 9 heteroatoms. The van der Waals surface area contributed by atoms with E-state index < -0.39 is 30.4 Å². The monoisotopic (exact) mass is 270 g/mol. The summed E-state index contributed by atoms with van der Waals surface area (Å²) in [6, 6.07) is -2.19. The number of hydrogen-bond donors (Lipinski definition) is 5. The molecule has 0 spiro atoms. The van der Waals surface area contributed by atoms with Gasteiger partial charge in [0.05, 0.1) is 6.42 Å². The Hall–Kier alpha value is -2.58. The van der Waals surface area contributed by atoms with Crippen molar-refractivity contribution in [3.05, 3.63) is 18.2 Å². The van der Waals surface area contributed by atoms with E-state index in [0.717, 1.165) is 0 Å². The van der Waals surface area contributed by atoms with Gasteiger partial charge in [0.2, 0.25) is 0 Å². The molecule has 1 aromatic rings. The normalized spacial score (nSPS) is 11.6. The highest BCUT2D eigenvalue weighted by Gasteiger charge is 2.22. The Morgan fingerprint density at radius 1 is 1.37 bits per heavy atom. The van der Waals surface area contributed by atoms with Crippen molar-refractivity contribution in [2.45, 2.75) is 18.9 Å². The molecule has 5 N–H and O–H groups in total. The Morgan fingerprint density at radius 3 is 2.63 bits per heavy atom. The highest BCUT2D eigenvalue weighted by Crippen LogP contribution is 1.93. The van der Waals surface area contributed by atoms with Crippen LogP contribution in [0.3, 0.4) is 0 Å². The lowest BCUT2D eigenvalue weighted by atomic mass is 10.2. The number of carbonyl (C=O) groups is 3.